The molecule has 0 fully saturated rings. The molecule has 0 bridgehead atoms. The molecule has 0 aliphatic heterocycles. The van der Waals surface area contributed by atoms with Crippen LogP contribution in [0, 0.1) is 0 Å². The molecule has 1 N–H and O–H groups in total. The Morgan fingerprint density at radius 2 is 2.11 bits per heavy atom. The van der Waals surface area contributed by atoms with Crippen molar-refractivity contribution >= 4 is 29.2 Å². The third kappa shape index (κ3) is 3.18. The van der Waals surface area contributed by atoms with Gasteiger partial charge in [0.2, 0.25) is 0 Å². The Labute approximate surface area is 114 Å². The number of methoxy groups -OCH3 is 1. The maximum Gasteiger partial charge on any atom is 0.350 e. The van der Waals surface area contributed by atoms with Gasteiger partial charge in [0.1, 0.15) is 10.6 Å². The molecular formula is C13H12N2O3S. The van der Waals surface area contributed by atoms with Crippen molar-refractivity contribution in [1.29, 1.82) is 0 Å². The van der Waals surface area contributed by atoms with Crippen LogP contribution in [0.3, 0.4) is 0 Å². The number of hydrogen-bond acceptors (Lipinski definition) is 6. The van der Waals surface area contributed by atoms with E-state index < -0.39 is 5.97 Å². The van der Waals surface area contributed by atoms with Crippen LogP contribution in [0.2, 0.25) is 0 Å². The third-order valence-corrected chi connectivity index (χ3v) is 3.23. The number of carbonyl (C=O) groups is 1. The Bertz CT molecular complexity index is 581. The summed E-state index contributed by atoms with van der Waals surface area (Å²) >= 11 is 1.18. The van der Waals surface area contributed by atoms with Gasteiger partial charge >= 0.3 is 5.97 Å². The fraction of sp³-hybridized carbons (Fsp3) is 0.0769. The van der Waals surface area contributed by atoms with E-state index in [0.29, 0.717) is 15.7 Å². The molecule has 0 aliphatic rings. The van der Waals surface area contributed by atoms with Gasteiger partial charge < -0.3 is 4.74 Å². The molecule has 0 aliphatic carbocycles. The largest absolute Gasteiger partial charge is 0.465 e. The SMILES string of the molecule is COC(=O)c1sccc1N(O)N=Cc1ccccc1. The number of carbonyl (C=O) groups excluding carboxylic acids is 1. The van der Waals surface area contributed by atoms with Crippen molar-refractivity contribution in [3.63, 3.8) is 0 Å². The van der Waals surface area contributed by atoms with E-state index in [1.54, 1.807) is 11.4 Å². The number of hydrogen-bond donors (Lipinski definition) is 1. The lowest BCUT2D eigenvalue weighted by molar-refractivity contribution is 0.0605. The first kappa shape index (κ1) is 13.3. The van der Waals surface area contributed by atoms with Crippen LogP contribution in [-0.2, 0) is 4.74 Å². The molecule has 0 radical (unpaired) electrons. The number of rotatable bonds is 4. The van der Waals surface area contributed by atoms with Gasteiger partial charge in [-0.25, -0.2) is 4.79 Å². The second-order valence-corrected chi connectivity index (χ2v) is 4.49. The maximum atomic E-state index is 11.5. The lowest BCUT2D eigenvalue weighted by Crippen LogP contribution is -2.13. The predicted molar refractivity (Wildman–Crippen MR) is 74.0 cm³/mol. The Morgan fingerprint density at radius 1 is 1.37 bits per heavy atom. The topological polar surface area (TPSA) is 62.1 Å². The summed E-state index contributed by atoms with van der Waals surface area (Å²) < 4.78 is 4.63. The highest BCUT2D eigenvalue weighted by atomic mass is 32.1. The van der Waals surface area contributed by atoms with Gasteiger partial charge in [0, 0.05) is 0 Å². The Balaban J connectivity index is 2.17. The molecule has 1 heterocycles. The van der Waals surface area contributed by atoms with Crippen LogP contribution in [0.15, 0.2) is 46.9 Å². The van der Waals surface area contributed by atoms with Crippen molar-refractivity contribution in [3.05, 3.63) is 52.2 Å². The molecule has 2 rings (SSSR count). The number of hydrazone groups is 1. The van der Waals surface area contributed by atoms with E-state index in [-0.39, 0.29) is 0 Å². The molecular weight excluding hydrogens is 264 g/mol. The average molecular weight is 276 g/mol. The highest BCUT2D eigenvalue weighted by Gasteiger charge is 2.17. The van der Waals surface area contributed by atoms with Gasteiger partial charge in [0.25, 0.3) is 0 Å². The van der Waals surface area contributed by atoms with E-state index in [2.05, 4.69) is 9.84 Å². The molecule has 5 nitrogen and oxygen atoms in total. The van der Waals surface area contributed by atoms with Gasteiger partial charge in [-0.3, -0.25) is 5.21 Å². The summed E-state index contributed by atoms with van der Waals surface area (Å²) in [5.74, 6) is -0.501. The fourth-order valence-corrected chi connectivity index (χ4v) is 2.21. The minimum Gasteiger partial charge on any atom is -0.465 e. The summed E-state index contributed by atoms with van der Waals surface area (Å²) in [6, 6.07) is 10.9. The lowest BCUT2D eigenvalue weighted by atomic mass is 10.2. The first-order valence-corrected chi connectivity index (χ1v) is 6.34. The Hall–Kier alpha value is -2.18. The predicted octanol–water partition coefficient (Wildman–Crippen LogP) is 2.76. The molecule has 1 aromatic heterocycles. The van der Waals surface area contributed by atoms with E-state index in [9.17, 15) is 10.0 Å². The molecule has 0 saturated heterocycles. The van der Waals surface area contributed by atoms with Crippen molar-refractivity contribution in [2.45, 2.75) is 0 Å². The van der Waals surface area contributed by atoms with Gasteiger partial charge in [-0.05, 0) is 17.0 Å². The summed E-state index contributed by atoms with van der Waals surface area (Å²) in [5, 5.41) is 16.1. The van der Waals surface area contributed by atoms with Gasteiger partial charge in [-0.15, -0.1) is 16.5 Å². The first-order valence-electron chi connectivity index (χ1n) is 5.46. The van der Waals surface area contributed by atoms with Crippen molar-refractivity contribution < 1.29 is 14.7 Å². The molecule has 0 amide bonds. The second-order valence-electron chi connectivity index (χ2n) is 3.57. The molecule has 0 unspecified atom stereocenters. The maximum absolute atomic E-state index is 11.5. The van der Waals surface area contributed by atoms with Gasteiger partial charge in [0.15, 0.2) is 0 Å². The van der Waals surface area contributed by atoms with E-state index in [0.717, 1.165) is 5.56 Å². The van der Waals surface area contributed by atoms with Crippen LogP contribution in [-0.4, -0.2) is 24.5 Å². The van der Waals surface area contributed by atoms with Crippen molar-refractivity contribution in [3.8, 4) is 0 Å². The number of benzene rings is 1. The van der Waals surface area contributed by atoms with E-state index in [1.807, 2.05) is 30.3 Å². The van der Waals surface area contributed by atoms with Crippen LogP contribution in [0.1, 0.15) is 15.2 Å². The minimum atomic E-state index is -0.501. The van der Waals surface area contributed by atoms with Gasteiger partial charge in [0.05, 0.1) is 13.3 Å². The summed E-state index contributed by atoms with van der Waals surface area (Å²) in [4.78, 5) is 11.8. The van der Waals surface area contributed by atoms with Crippen molar-refractivity contribution in [1.82, 2.24) is 0 Å². The monoisotopic (exact) mass is 276 g/mol. The van der Waals surface area contributed by atoms with E-state index >= 15 is 0 Å². The molecule has 2 aromatic rings. The summed E-state index contributed by atoms with van der Waals surface area (Å²) in [5.41, 5.74) is 1.14. The van der Waals surface area contributed by atoms with Crippen LogP contribution in [0.25, 0.3) is 0 Å². The Kier molecular flexibility index (Phi) is 4.27. The minimum absolute atomic E-state index is 0.295. The number of ether oxygens (including phenoxy) is 1. The zero-order valence-electron chi connectivity index (χ0n) is 10.2. The standard InChI is InChI=1S/C13H12N2O3S/c1-18-13(16)12-11(7-8-19-12)15(17)14-9-10-5-3-2-4-6-10/h2-9,17H,1H3. The zero-order valence-corrected chi connectivity index (χ0v) is 11.0. The fourth-order valence-electron chi connectivity index (χ4n) is 1.43. The van der Waals surface area contributed by atoms with E-state index in [1.165, 1.54) is 24.7 Å². The quantitative estimate of drug-likeness (QED) is 0.530. The van der Waals surface area contributed by atoms with Gasteiger partial charge in [-0.2, -0.15) is 5.10 Å². The molecule has 6 heteroatoms. The highest BCUT2D eigenvalue weighted by molar-refractivity contribution is 7.12. The normalized spacial score (nSPS) is 10.6. The summed E-state index contributed by atoms with van der Waals surface area (Å²) in [7, 11) is 1.29. The van der Waals surface area contributed by atoms with Crippen molar-refractivity contribution in [2.24, 2.45) is 5.10 Å². The molecule has 0 spiro atoms. The summed E-state index contributed by atoms with van der Waals surface area (Å²) in [6.45, 7) is 0. The highest BCUT2D eigenvalue weighted by Crippen LogP contribution is 2.26. The average Bonchev–Trinajstić information content (AvgIpc) is 2.94. The lowest BCUT2D eigenvalue weighted by Gasteiger charge is -2.09. The molecule has 98 valence electrons. The first-order chi connectivity index (χ1) is 9.22. The van der Waals surface area contributed by atoms with Crippen LogP contribution >= 0.6 is 11.3 Å². The molecule has 1 aromatic carbocycles. The van der Waals surface area contributed by atoms with E-state index in [4.69, 9.17) is 0 Å². The van der Waals surface area contributed by atoms with Gasteiger partial charge in [-0.1, -0.05) is 30.3 Å². The molecule has 0 saturated carbocycles. The number of thiophene rings is 1. The summed E-state index contributed by atoms with van der Waals surface area (Å²) in [6.07, 6.45) is 1.50. The molecule has 19 heavy (non-hydrogen) atoms. The third-order valence-electron chi connectivity index (χ3n) is 2.35. The van der Waals surface area contributed by atoms with Crippen molar-refractivity contribution in [2.75, 3.05) is 12.3 Å². The number of esters is 1. The number of anilines is 1. The van der Waals surface area contributed by atoms with Crippen LogP contribution < -0.4 is 5.17 Å². The smallest absolute Gasteiger partial charge is 0.350 e. The van der Waals surface area contributed by atoms with Crippen LogP contribution in [0.5, 0.6) is 0 Å². The zero-order chi connectivity index (χ0) is 13.7. The van der Waals surface area contributed by atoms with Crippen LogP contribution in [0.4, 0.5) is 5.69 Å². The molecule has 0 atom stereocenters. The second kappa shape index (κ2) is 6.12. The Morgan fingerprint density at radius 3 is 2.79 bits per heavy atom. The number of nitrogens with zero attached hydrogens (tertiary/aromatic N) is 2.